The standard InChI is InChI=1S/C16H11N3O2S/c20-16-13-9-18(12-4-2-1-3-5-12)17-14(13)8-15(19(16)21)11-6-7-22-10-11/h1-10,21H. The summed E-state index contributed by atoms with van der Waals surface area (Å²) in [5.41, 5.74) is 2.18. The van der Waals surface area contributed by atoms with E-state index in [1.165, 1.54) is 11.3 Å². The number of benzene rings is 1. The Morgan fingerprint density at radius 3 is 2.68 bits per heavy atom. The van der Waals surface area contributed by atoms with E-state index in [2.05, 4.69) is 5.10 Å². The van der Waals surface area contributed by atoms with Crippen molar-refractivity contribution in [3.8, 4) is 16.9 Å². The fourth-order valence-corrected chi connectivity index (χ4v) is 3.05. The fraction of sp³-hybridized carbons (Fsp3) is 0. The van der Waals surface area contributed by atoms with Crippen LogP contribution in [0.1, 0.15) is 0 Å². The number of para-hydroxylation sites is 1. The molecule has 0 unspecified atom stereocenters. The van der Waals surface area contributed by atoms with Crippen LogP contribution in [0.3, 0.4) is 0 Å². The molecule has 0 aliphatic heterocycles. The number of hydrogen-bond acceptors (Lipinski definition) is 4. The first-order valence-corrected chi connectivity index (χ1v) is 7.61. The van der Waals surface area contributed by atoms with Gasteiger partial charge in [0.05, 0.1) is 16.8 Å². The molecule has 0 saturated carbocycles. The average Bonchev–Trinajstić information content (AvgIpc) is 3.21. The maximum absolute atomic E-state index is 12.4. The molecule has 22 heavy (non-hydrogen) atoms. The molecular weight excluding hydrogens is 298 g/mol. The average molecular weight is 309 g/mol. The molecule has 3 heterocycles. The van der Waals surface area contributed by atoms with Gasteiger partial charge in [-0.2, -0.15) is 16.4 Å². The second kappa shape index (κ2) is 4.85. The summed E-state index contributed by atoms with van der Waals surface area (Å²) in [4.78, 5) is 12.4. The van der Waals surface area contributed by atoms with Crippen molar-refractivity contribution in [1.82, 2.24) is 14.5 Å². The van der Waals surface area contributed by atoms with Crippen molar-refractivity contribution in [1.29, 1.82) is 0 Å². The normalized spacial score (nSPS) is 11.1. The Bertz CT molecular complexity index is 1000. The molecule has 5 nitrogen and oxygen atoms in total. The van der Waals surface area contributed by atoms with Crippen LogP contribution < -0.4 is 5.56 Å². The van der Waals surface area contributed by atoms with Crippen molar-refractivity contribution in [2.45, 2.75) is 0 Å². The summed E-state index contributed by atoms with van der Waals surface area (Å²) in [6, 6.07) is 13.1. The largest absolute Gasteiger partial charge is 0.425 e. The lowest BCUT2D eigenvalue weighted by molar-refractivity contribution is 0.181. The molecule has 0 spiro atoms. The van der Waals surface area contributed by atoms with E-state index in [1.807, 2.05) is 47.2 Å². The van der Waals surface area contributed by atoms with Crippen LogP contribution in [-0.2, 0) is 0 Å². The molecule has 0 saturated heterocycles. The summed E-state index contributed by atoms with van der Waals surface area (Å²) in [7, 11) is 0. The Hall–Kier alpha value is -2.86. The summed E-state index contributed by atoms with van der Waals surface area (Å²) in [5, 5.41) is 18.7. The van der Waals surface area contributed by atoms with E-state index < -0.39 is 5.56 Å². The fourth-order valence-electron chi connectivity index (χ4n) is 2.40. The molecule has 0 fully saturated rings. The van der Waals surface area contributed by atoms with Crippen molar-refractivity contribution in [2.24, 2.45) is 0 Å². The lowest BCUT2D eigenvalue weighted by Gasteiger charge is -2.03. The zero-order chi connectivity index (χ0) is 15.1. The van der Waals surface area contributed by atoms with Crippen LogP contribution in [0.5, 0.6) is 0 Å². The molecule has 108 valence electrons. The highest BCUT2D eigenvalue weighted by Gasteiger charge is 2.14. The van der Waals surface area contributed by atoms with Gasteiger partial charge in [-0.15, -0.1) is 4.73 Å². The van der Waals surface area contributed by atoms with Crippen LogP contribution in [0.2, 0.25) is 0 Å². The van der Waals surface area contributed by atoms with Crippen LogP contribution in [0, 0.1) is 0 Å². The summed E-state index contributed by atoms with van der Waals surface area (Å²) < 4.78 is 2.32. The Labute approximate surface area is 129 Å². The van der Waals surface area contributed by atoms with Gasteiger partial charge >= 0.3 is 0 Å². The number of nitrogens with zero attached hydrogens (tertiary/aromatic N) is 3. The predicted molar refractivity (Wildman–Crippen MR) is 85.8 cm³/mol. The van der Waals surface area contributed by atoms with Crippen LogP contribution in [0.4, 0.5) is 0 Å². The molecule has 0 aliphatic rings. The van der Waals surface area contributed by atoms with Crippen LogP contribution in [-0.4, -0.2) is 19.7 Å². The number of thiophene rings is 1. The number of fused-ring (bicyclic) bond motifs is 1. The van der Waals surface area contributed by atoms with E-state index in [-0.39, 0.29) is 0 Å². The van der Waals surface area contributed by atoms with Crippen LogP contribution >= 0.6 is 11.3 Å². The molecule has 1 aromatic carbocycles. The monoisotopic (exact) mass is 309 g/mol. The number of rotatable bonds is 2. The first-order chi connectivity index (χ1) is 10.7. The highest BCUT2D eigenvalue weighted by Crippen LogP contribution is 2.23. The summed E-state index contributed by atoms with van der Waals surface area (Å²) in [6.45, 7) is 0. The molecule has 0 atom stereocenters. The summed E-state index contributed by atoms with van der Waals surface area (Å²) >= 11 is 1.50. The van der Waals surface area contributed by atoms with E-state index in [1.54, 1.807) is 16.9 Å². The van der Waals surface area contributed by atoms with Gasteiger partial charge in [0.2, 0.25) is 0 Å². The van der Waals surface area contributed by atoms with Crippen LogP contribution in [0.25, 0.3) is 27.8 Å². The minimum atomic E-state index is -0.471. The van der Waals surface area contributed by atoms with E-state index in [0.717, 1.165) is 11.3 Å². The topological polar surface area (TPSA) is 60.0 Å². The predicted octanol–water partition coefficient (Wildman–Crippen LogP) is 3.15. The third-order valence-corrected chi connectivity index (χ3v) is 4.19. The lowest BCUT2D eigenvalue weighted by Crippen LogP contribution is -2.18. The zero-order valence-electron chi connectivity index (χ0n) is 11.4. The number of hydrogen-bond donors (Lipinski definition) is 1. The van der Waals surface area contributed by atoms with E-state index in [9.17, 15) is 10.0 Å². The molecule has 0 radical (unpaired) electrons. The van der Waals surface area contributed by atoms with Crippen molar-refractivity contribution < 1.29 is 5.21 Å². The smallest absolute Gasteiger partial charge is 0.294 e. The minimum absolute atomic E-state index is 0.380. The van der Waals surface area contributed by atoms with Gasteiger partial charge in [-0.05, 0) is 29.6 Å². The van der Waals surface area contributed by atoms with Gasteiger partial charge in [-0.3, -0.25) is 4.79 Å². The van der Waals surface area contributed by atoms with Gasteiger partial charge < -0.3 is 5.21 Å². The molecule has 0 bridgehead atoms. The molecule has 0 amide bonds. The van der Waals surface area contributed by atoms with Crippen molar-refractivity contribution in [3.63, 3.8) is 0 Å². The van der Waals surface area contributed by atoms with Crippen molar-refractivity contribution in [3.05, 3.63) is 69.8 Å². The Balaban J connectivity index is 1.98. The van der Waals surface area contributed by atoms with Crippen molar-refractivity contribution in [2.75, 3.05) is 0 Å². The number of pyridine rings is 1. The SMILES string of the molecule is O=c1c2cn(-c3ccccc3)nc2cc(-c2ccsc2)n1O. The molecule has 4 aromatic rings. The summed E-state index contributed by atoms with van der Waals surface area (Å²) in [5.74, 6) is 0. The maximum Gasteiger partial charge on any atom is 0.294 e. The van der Waals surface area contributed by atoms with E-state index in [0.29, 0.717) is 21.3 Å². The molecule has 1 N–H and O–H groups in total. The highest BCUT2D eigenvalue weighted by atomic mass is 32.1. The quantitative estimate of drug-likeness (QED) is 0.579. The third kappa shape index (κ3) is 1.93. The first-order valence-electron chi connectivity index (χ1n) is 6.67. The second-order valence-corrected chi connectivity index (χ2v) is 5.65. The van der Waals surface area contributed by atoms with Gasteiger partial charge in [0.15, 0.2) is 0 Å². The summed E-state index contributed by atoms with van der Waals surface area (Å²) in [6.07, 6.45) is 1.64. The van der Waals surface area contributed by atoms with Gasteiger partial charge in [-0.1, -0.05) is 18.2 Å². The number of aromatic nitrogens is 3. The van der Waals surface area contributed by atoms with Crippen LogP contribution in [0.15, 0.2) is 64.2 Å². The van der Waals surface area contributed by atoms with E-state index >= 15 is 0 Å². The first kappa shape index (κ1) is 12.8. The Kier molecular flexibility index (Phi) is 2.83. The van der Waals surface area contributed by atoms with Gasteiger partial charge in [-0.25, -0.2) is 4.68 Å². The van der Waals surface area contributed by atoms with Gasteiger partial charge in [0.1, 0.15) is 5.52 Å². The van der Waals surface area contributed by atoms with E-state index in [4.69, 9.17) is 0 Å². The molecule has 3 aromatic heterocycles. The highest BCUT2D eigenvalue weighted by molar-refractivity contribution is 7.08. The third-order valence-electron chi connectivity index (χ3n) is 3.50. The Morgan fingerprint density at radius 1 is 1.14 bits per heavy atom. The molecular formula is C16H11N3O2S. The molecule has 0 aliphatic carbocycles. The second-order valence-electron chi connectivity index (χ2n) is 4.87. The Morgan fingerprint density at radius 2 is 1.95 bits per heavy atom. The minimum Gasteiger partial charge on any atom is -0.425 e. The zero-order valence-corrected chi connectivity index (χ0v) is 12.2. The van der Waals surface area contributed by atoms with Gasteiger partial charge in [0.25, 0.3) is 5.56 Å². The molecule has 4 rings (SSSR count). The van der Waals surface area contributed by atoms with Gasteiger partial charge in [0, 0.05) is 17.1 Å². The van der Waals surface area contributed by atoms with Crippen molar-refractivity contribution >= 4 is 22.2 Å². The molecule has 6 heteroatoms. The maximum atomic E-state index is 12.4. The lowest BCUT2D eigenvalue weighted by atomic mass is 10.2.